The summed E-state index contributed by atoms with van der Waals surface area (Å²) in [6.07, 6.45) is 1.78. The minimum Gasteiger partial charge on any atom is -0.481 e. The van der Waals surface area contributed by atoms with Crippen molar-refractivity contribution in [2.45, 2.75) is 58.0 Å². The monoisotopic (exact) mass is 611 g/mol. The molecule has 0 spiro atoms. The third-order valence-electron chi connectivity index (χ3n) is 5.90. The maximum atomic E-state index is 12.6. The lowest BCUT2D eigenvalue weighted by Crippen LogP contribution is -2.51. The number of primary amides is 1. The normalized spacial score (nSPS) is 11.4. The van der Waals surface area contributed by atoms with Crippen molar-refractivity contribution in [1.29, 1.82) is 0 Å². The number of carbonyl (C=O) groups excluding carboxylic acids is 5. The molecular formula is C30H41N7O7. The number of aliphatic carboxylic acids is 1. The Kier molecular flexibility index (Phi) is 16.5. The molecule has 0 saturated carbocycles. The Morgan fingerprint density at radius 2 is 1.48 bits per heavy atom. The van der Waals surface area contributed by atoms with E-state index in [2.05, 4.69) is 20.9 Å². The number of nitrogens with two attached hydrogens (primary N) is 3. The number of guanidine groups is 1. The number of carbonyl (C=O) groups is 6. The highest BCUT2D eigenvalue weighted by molar-refractivity contribution is 6.09. The van der Waals surface area contributed by atoms with Gasteiger partial charge in [0.25, 0.3) is 0 Å². The summed E-state index contributed by atoms with van der Waals surface area (Å²) in [5.41, 5.74) is 17.7. The molecule has 2 aromatic carbocycles. The summed E-state index contributed by atoms with van der Waals surface area (Å²) in [5.74, 6) is -3.32. The molecule has 14 heteroatoms. The SMILES string of the molecule is CC(=O)N[C@@H](CCCN=C(N)N)C(=O)NCC(=O)N[C@@H](Cc1ccc(C(=O)c2ccccc2)cc1)C(N)=O.CCCC(=O)O. The Morgan fingerprint density at radius 3 is 1.98 bits per heavy atom. The Bertz CT molecular complexity index is 1290. The number of carboxylic acids is 1. The van der Waals surface area contributed by atoms with Gasteiger partial charge in [-0.15, -0.1) is 0 Å². The average molecular weight is 612 g/mol. The minimum atomic E-state index is -1.04. The summed E-state index contributed by atoms with van der Waals surface area (Å²) in [5, 5.41) is 15.4. The van der Waals surface area contributed by atoms with E-state index >= 15 is 0 Å². The maximum absolute atomic E-state index is 12.6. The first-order valence-electron chi connectivity index (χ1n) is 13.9. The number of rotatable bonds is 16. The Morgan fingerprint density at radius 1 is 0.864 bits per heavy atom. The van der Waals surface area contributed by atoms with Crippen molar-refractivity contribution < 1.29 is 33.9 Å². The topological polar surface area (TPSA) is 249 Å². The van der Waals surface area contributed by atoms with E-state index in [0.717, 1.165) is 6.42 Å². The van der Waals surface area contributed by atoms with Gasteiger partial charge in [0, 0.05) is 37.4 Å². The van der Waals surface area contributed by atoms with Crippen LogP contribution in [0.25, 0.3) is 0 Å². The molecule has 0 aromatic heterocycles. The molecule has 0 bridgehead atoms. The Balaban J connectivity index is 0.00000146. The van der Waals surface area contributed by atoms with E-state index in [1.54, 1.807) is 48.5 Å². The van der Waals surface area contributed by atoms with Crippen molar-refractivity contribution in [3.8, 4) is 0 Å². The molecule has 0 fully saturated rings. The van der Waals surface area contributed by atoms with Gasteiger partial charge in [0.05, 0.1) is 6.54 Å². The number of amides is 4. The van der Waals surface area contributed by atoms with Crippen LogP contribution in [0.1, 0.15) is 61.0 Å². The zero-order valence-electron chi connectivity index (χ0n) is 24.9. The number of nitrogens with zero attached hydrogens (tertiary/aromatic N) is 1. The summed E-state index contributed by atoms with van der Waals surface area (Å²) in [4.78, 5) is 74.3. The van der Waals surface area contributed by atoms with Crippen molar-refractivity contribution in [3.63, 3.8) is 0 Å². The zero-order chi connectivity index (χ0) is 33.1. The highest BCUT2D eigenvalue weighted by Gasteiger charge is 2.22. The average Bonchev–Trinajstić information content (AvgIpc) is 2.97. The van der Waals surface area contributed by atoms with Crippen LogP contribution in [0.3, 0.4) is 0 Å². The molecule has 0 aliphatic carbocycles. The van der Waals surface area contributed by atoms with Gasteiger partial charge in [-0.05, 0) is 24.8 Å². The standard InChI is InChI=1S/C26H33N7O5.C4H8O2/c1-16(34)32-20(8-5-13-30-26(28)29)25(38)31-15-22(35)33-21(24(27)37)14-17-9-11-19(12-10-17)23(36)18-6-3-2-4-7-18;1-2-3-4(5)6/h2-4,6-7,9-12,20-21H,5,8,13-15H2,1H3,(H2,27,37)(H,31,38)(H,32,34)(H,33,35)(H4,28,29,30);2-3H2,1H3,(H,5,6)/t20-,21-;/m0./s1. The molecule has 0 aliphatic rings. The Labute approximate surface area is 255 Å². The van der Waals surface area contributed by atoms with E-state index in [0.29, 0.717) is 29.5 Å². The van der Waals surface area contributed by atoms with Gasteiger partial charge in [0.2, 0.25) is 23.6 Å². The predicted molar refractivity (Wildman–Crippen MR) is 164 cm³/mol. The number of carboxylic acid groups (broad SMARTS) is 1. The van der Waals surface area contributed by atoms with Crippen molar-refractivity contribution in [1.82, 2.24) is 16.0 Å². The molecule has 238 valence electrons. The molecule has 0 heterocycles. The predicted octanol–water partition coefficient (Wildman–Crippen LogP) is -0.0242. The molecule has 10 N–H and O–H groups in total. The fourth-order valence-corrected chi connectivity index (χ4v) is 3.77. The molecule has 2 aromatic rings. The van der Waals surface area contributed by atoms with Crippen LogP contribution >= 0.6 is 0 Å². The number of ketones is 1. The van der Waals surface area contributed by atoms with E-state index < -0.39 is 48.2 Å². The number of hydrogen-bond acceptors (Lipinski definition) is 7. The minimum absolute atomic E-state index is 0.0807. The van der Waals surface area contributed by atoms with Gasteiger partial charge < -0.3 is 38.3 Å². The van der Waals surface area contributed by atoms with Gasteiger partial charge in [-0.1, -0.05) is 61.5 Å². The van der Waals surface area contributed by atoms with Gasteiger partial charge in [0.15, 0.2) is 11.7 Å². The molecular weight excluding hydrogens is 570 g/mol. The molecule has 44 heavy (non-hydrogen) atoms. The lowest BCUT2D eigenvalue weighted by molar-refractivity contribution is -0.137. The fraction of sp³-hybridized carbons (Fsp3) is 0.367. The number of hydrogen-bond donors (Lipinski definition) is 7. The second kappa shape index (κ2) is 19.8. The van der Waals surface area contributed by atoms with Crippen molar-refractivity contribution >= 4 is 41.3 Å². The second-order valence-corrected chi connectivity index (χ2v) is 9.68. The van der Waals surface area contributed by atoms with Crippen LogP contribution in [-0.2, 0) is 30.4 Å². The number of benzene rings is 2. The smallest absolute Gasteiger partial charge is 0.303 e. The first-order chi connectivity index (χ1) is 20.8. The van der Waals surface area contributed by atoms with Crippen molar-refractivity contribution in [3.05, 3.63) is 71.3 Å². The van der Waals surface area contributed by atoms with Crippen LogP contribution in [0.2, 0.25) is 0 Å². The molecule has 0 radical (unpaired) electrons. The van der Waals surface area contributed by atoms with Gasteiger partial charge in [-0.2, -0.15) is 0 Å². The van der Waals surface area contributed by atoms with Crippen molar-refractivity contribution in [2.75, 3.05) is 13.1 Å². The van der Waals surface area contributed by atoms with Crippen LogP contribution in [0.5, 0.6) is 0 Å². The maximum Gasteiger partial charge on any atom is 0.303 e. The summed E-state index contributed by atoms with van der Waals surface area (Å²) >= 11 is 0. The van der Waals surface area contributed by atoms with Crippen LogP contribution < -0.4 is 33.2 Å². The molecule has 2 atom stereocenters. The van der Waals surface area contributed by atoms with Gasteiger partial charge in [-0.25, -0.2) is 0 Å². The van der Waals surface area contributed by atoms with Gasteiger partial charge >= 0.3 is 5.97 Å². The summed E-state index contributed by atoms with van der Waals surface area (Å²) in [6, 6.07) is 13.5. The van der Waals surface area contributed by atoms with E-state index in [1.165, 1.54) is 6.92 Å². The first kappa shape index (κ1) is 36.8. The lowest BCUT2D eigenvalue weighted by atomic mass is 9.99. The lowest BCUT2D eigenvalue weighted by Gasteiger charge is -2.19. The van der Waals surface area contributed by atoms with E-state index in [-0.39, 0.29) is 31.1 Å². The van der Waals surface area contributed by atoms with Crippen LogP contribution in [0.15, 0.2) is 59.6 Å². The fourth-order valence-electron chi connectivity index (χ4n) is 3.77. The third kappa shape index (κ3) is 15.1. The van der Waals surface area contributed by atoms with Gasteiger partial charge in [0.1, 0.15) is 12.1 Å². The molecule has 4 amide bonds. The summed E-state index contributed by atoms with van der Waals surface area (Å²) < 4.78 is 0. The highest BCUT2D eigenvalue weighted by Crippen LogP contribution is 2.12. The second-order valence-electron chi connectivity index (χ2n) is 9.68. The summed E-state index contributed by atoms with van der Waals surface area (Å²) in [7, 11) is 0. The molecule has 14 nitrogen and oxygen atoms in total. The largest absolute Gasteiger partial charge is 0.481 e. The summed E-state index contributed by atoms with van der Waals surface area (Å²) in [6.45, 7) is 2.95. The molecule has 0 unspecified atom stereocenters. The van der Waals surface area contributed by atoms with Crippen LogP contribution in [0.4, 0.5) is 0 Å². The van der Waals surface area contributed by atoms with Crippen molar-refractivity contribution in [2.24, 2.45) is 22.2 Å². The van der Waals surface area contributed by atoms with Crippen LogP contribution in [0, 0.1) is 0 Å². The first-order valence-corrected chi connectivity index (χ1v) is 13.9. The third-order valence-corrected chi connectivity index (χ3v) is 5.90. The highest BCUT2D eigenvalue weighted by atomic mass is 16.4. The van der Waals surface area contributed by atoms with E-state index in [1.807, 2.05) is 13.0 Å². The van der Waals surface area contributed by atoms with Gasteiger partial charge in [-0.3, -0.25) is 33.8 Å². The molecule has 0 aliphatic heterocycles. The zero-order valence-corrected chi connectivity index (χ0v) is 24.9. The van der Waals surface area contributed by atoms with E-state index in [9.17, 15) is 28.8 Å². The number of aliphatic imine (C=N–C) groups is 1. The molecule has 0 saturated heterocycles. The molecule has 2 rings (SSSR count). The number of nitrogens with one attached hydrogen (secondary N) is 3. The van der Waals surface area contributed by atoms with Crippen LogP contribution in [-0.4, -0.2) is 71.6 Å². The Hall–Kier alpha value is -5.27. The van der Waals surface area contributed by atoms with E-state index in [4.69, 9.17) is 22.3 Å². The quantitative estimate of drug-likeness (QED) is 0.0582.